The van der Waals surface area contributed by atoms with E-state index in [1.165, 1.54) is 10.6 Å². The average Bonchev–Trinajstić information content (AvgIpc) is 2.83. The zero-order valence-electron chi connectivity index (χ0n) is 10.00. The molecule has 0 atom stereocenters. The molecule has 0 unspecified atom stereocenters. The number of carbonyl (C=O) groups excluding carboxylic acids is 1. The highest BCUT2D eigenvalue weighted by atomic mass is 16.5. The number of hydrogen-bond acceptors (Lipinski definition) is 5. The number of nitrogens with zero attached hydrogens (tertiary/aromatic N) is 3. The molecule has 1 aliphatic heterocycles. The van der Waals surface area contributed by atoms with E-state index < -0.39 is 5.56 Å². The van der Waals surface area contributed by atoms with E-state index in [0.717, 1.165) is 6.07 Å². The molecule has 1 fully saturated rings. The average molecular weight is 264 g/mol. The third-order valence-corrected chi connectivity index (χ3v) is 2.97. The highest BCUT2D eigenvalue weighted by molar-refractivity contribution is 5.92. The Labute approximate surface area is 107 Å². The molecule has 2 N–H and O–H groups in total. The lowest BCUT2D eigenvalue weighted by Crippen LogP contribution is -2.40. The molecule has 0 bridgehead atoms. The summed E-state index contributed by atoms with van der Waals surface area (Å²) < 4.78 is 6.43. The summed E-state index contributed by atoms with van der Waals surface area (Å²) in [6, 6.07) is 1.03. The second-order valence-electron chi connectivity index (χ2n) is 4.22. The number of imidazole rings is 1. The largest absolute Gasteiger partial charge is 0.494 e. The monoisotopic (exact) mass is 264 g/mol. The Hall–Kier alpha value is -2.35. The number of morpholine rings is 1. The van der Waals surface area contributed by atoms with Crippen LogP contribution in [0.2, 0.25) is 0 Å². The molecule has 1 saturated heterocycles. The van der Waals surface area contributed by atoms with E-state index in [1.807, 2.05) is 0 Å². The molecule has 19 heavy (non-hydrogen) atoms. The Morgan fingerprint density at radius 1 is 1.42 bits per heavy atom. The van der Waals surface area contributed by atoms with Crippen LogP contribution in [0.15, 0.2) is 17.1 Å². The van der Waals surface area contributed by atoms with Crippen molar-refractivity contribution in [3.05, 3.63) is 28.3 Å². The standard InChI is InChI=1S/C11H12N4O4/c16-8-5-9(17)15-6-7(12-11(15)13-8)10(18)14-1-3-19-4-2-14/h5-6,17H,1-4H2,(H,12,13,16). The number of H-pyrrole nitrogens is 1. The van der Waals surface area contributed by atoms with Gasteiger partial charge in [0.1, 0.15) is 5.69 Å². The van der Waals surface area contributed by atoms with Crippen LogP contribution in [0.25, 0.3) is 5.78 Å². The lowest BCUT2D eigenvalue weighted by molar-refractivity contribution is 0.0299. The van der Waals surface area contributed by atoms with Gasteiger partial charge in [-0.2, -0.15) is 0 Å². The Morgan fingerprint density at radius 2 is 2.16 bits per heavy atom. The molecule has 0 aliphatic carbocycles. The van der Waals surface area contributed by atoms with E-state index in [4.69, 9.17) is 4.74 Å². The predicted octanol–water partition coefficient (Wildman–Crippen LogP) is -0.799. The summed E-state index contributed by atoms with van der Waals surface area (Å²) in [5.41, 5.74) is -0.292. The zero-order chi connectivity index (χ0) is 13.4. The van der Waals surface area contributed by atoms with Crippen molar-refractivity contribution in [3.8, 4) is 5.88 Å². The van der Waals surface area contributed by atoms with E-state index in [0.29, 0.717) is 26.3 Å². The molecule has 3 rings (SSSR count). The Bertz CT molecular complexity index is 684. The normalized spacial score (nSPS) is 15.9. The molecular formula is C11H12N4O4. The van der Waals surface area contributed by atoms with E-state index in [-0.39, 0.29) is 23.3 Å². The number of ether oxygens (including phenoxy) is 1. The summed E-state index contributed by atoms with van der Waals surface area (Å²) in [7, 11) is 0. The number of carbonyl (C=O) groups is 1. The van der Waals surface area contributed by atoms with Gasteiger partial charge >= 0.3 is 0 Å². The second kappa shape index (κ2) is 4.39. The van der Waals surface area contributed by atoms with Gasteiger partial charge in [-0.1, -0.05) is 0 Å². The molecule has 2 aromatic heterocycles. The maximum absolute atomic E-state index is 12.2. The molecule has 0 aromatic carbocycles. The highest BCUT2D eigenvalue weighted by Crippen LogP contribution is 2.12. The fraction of sp³-hybridized carbons (Fsp3) is 0.364. The van der Waals surface area contributed by atoms with Crippen LogP contribution < -0.4 is 5.56 Å². The van der Waals surface area contributed by atoms with Gasteiger partial charge in [0.25, 0.3) is 11.5 Å². The van der Waals surface area contributed by atoms with E-state index in [1.54, 1.807) is 4.90 Å². The van der Waals surface area contributed by atoms with Gasteiger partial charge in [0.15, 0.2) is 0 Å². The summed E-state index contributed by atoms with van der Waals surface area (Å²) >= 11 is 0. The predicted molar refractivity (Wildman–Crippen MR) is 64.2 cm³/mol. The van der Waals surface area contributed by atoms with Crippen LogP contribution in [0.3, 0.4) is 0 Å². The van der Waals surface area contributed by atoms with Crippen molar-refractivity contribution in [2.24, 2.45) is 0 Å². The minimum absolute atomic E-state index is 0.140. The van der Waals surface area contributed by atoms with E-state index in [9.17, 15) is 14.7 Å². The first-order chi connectivity index (χ1) is 9.15. The van der Waals surface area contributed by atoms with Crippen LogP contribution in [-0.4, -0.2) is 56.6 Å². The van der Waals surface area contributed by atoms with Crippen LogP contribution in [0.5, 0.6) is 5.88 Å². The number of amides is 1. The third-order valence-electron chi connectivity index (χ3n) is 2.97. The third kappa shape index (κ3) is 2.06. The van der Waals surface area contributed by atoms with Gasteiger partial charge in [-0.15, -0.1) is 0 Å². The van der Waals surface area contributed by atoms with E-state index in [2.05, 4.69) is 9.97 Å². The molecule has 1 amide bonds. The van der Waals surface area contributed by atoms with Gasteiger partial charge in [-0.3, -0.25) is 19.0 Å². The molecule has 0 saturated carbocycles. The Balaban J connectivity index is 1.98. The van der Waals surface area contributed by atoms with Crippen molar-refractivity contribution in [3.63, 3.8) is 0 Å². The number of nitrogens with one attached hydrogen (secondary N) is 1. The lowest BCUT2D eigenvalue weighted by atomic mass is 10.3. The lowest BCUT2D eigenvalue weighted by Gasteiger charge is -2.25. The maximum Gasteiger partial charge on any atom is 0.274 e. The first-order valence-electron chi connectivity index (χ1n) is 5.83. The van der Waals surface area contributed by atoms with Crippen LogP contribution in [-0.2, 0) is 4.74 Å². The topological polar surface area (TPSA) is 99.9 Å². The summed E-state index contributed by atoms with van der Waals surface area (Å²) in [5.74, 6) is -0.360. The van der Waals surface area contributed by atoms with Gasteiger partial charge < -0.3 is 14.7 Å². The molecule has 100 valence electrons. The van der Waals surface area contributed by atoms with Crippen LogP contribution >= 0.6 is 0 Å². The molecule has 3 heterocycles. The number of rotatable bonds is 1. The fourth-order valence-corrected chi connectivity index (χ4v) is 2.01. The smallest absolute Gasteiger partial charge is 0.274 e. The molecule has 8 heteroatoms. The molecule has 0 spiro atoms. The number of aromatic amines is 1. The molecule has 1 aliphatic rings. The molecule has 2 aromatic rings. The molecule has 8 nitrogen and oxygen atoms in total. The number of aromatic hydroxyl groups is 1. The van der Waals surface area contributed by atoms with Crippen molar-refractivity contribution in [1.82, 2.24) is 19.3 Å². The summed E-state index contributed by atoms with van der Waals surface area (Å²) in [4.78, 5) is 31.5. The van der Waals surface area contributed by atoms with Crippen LogP contribution in [0.4, 0.5) is 0 Å². The van der Waals surface area contributed by atoms with Gasteiger partial charge in [-0.25, -0.2) is 4.98 Å². The SMILES string of the molecule is O=C(c1cn2c(O)cc(=O)[nH]c2n1)N1CCOCC1. The van der Waals surface area contributed by atoms with Crippen molar-refractivity contribution in [1.29, 1.82) is 0 Å². The first kappa shape index (κ1) is 11.7. The Kier molecular flexibility index (Phi) is 2.71. The van der Waals surface area contributed by atoms with Gasteiger partial charge in [0.05, 0.1) is 19.3 Å². The second-order valence-corrected chi connectivity index (χ2v) is 4.22. The van der Waals surface area contributed by atoms with Crippen LogP contribution in [0, 0.1) is 0 Å². The van der Waals surface area contributed by atoms with Crippen LogP contribution in [0.1, 0.15) is 10.5 Å². The minimum Gasteiger partial charge on any atom is -0.494 e. The number of hydrogen-bond donors (Lipinski definition) is 2. The molecular weight excluding hydrogens is 252 g/mol. The van der Waals surface area contributed by atoms with Crippen molar-refractivity contribution < 1.29 is 14.6 Å². The van der Waals surface area contributed by atoms with Crippen molar-refractivity contribution in [2.45, 2.75) is 0 Å². The number of aromatic nitrogens is 3. The van der Waals surface area contributed by atoms with Gasteiger partial charge in [0, 0.05) is 19.3 Å². The summed E-state index contributed by atoms with van der Waals surface area (Å²) in [5, 5.41) is 9.62. The summed E-state index contributed by atoms with van der Waals surface area (Å²) in [6.07, 6.45) is 1.40. The van der Waals surface area contributed by atoms with Crippen molar-refractivity contribution in [2.75, 3.05) is 26.3 Å². The number of fused-ring (bicyclic) bond motifs is 1. The minimum atomic E-state index is -0.471. The molecule has 0 radical (unpaired) electrons. The zero-order valence-corrected chi connectivity index (χ0v) is 10.00. The quantitative estimate of drug-likeness (QED) is 0.702. The maximum atomic E-state index is 12.2. The van der Waals surface area contributed by atoms with Gasteiger partial charge in [0.2, 0.25) is 11.7 Å². The van der Waals surface area contributed by atoms with Crippen molar-refractivity contribution >= 4 is 11.7 Å². The highest BCUT2D eigenvalue weighted by Gasteiger charge is 2.21. The summed E-state index contributed by atoms with van der Waals surface area (Å²) in [6.45, 7) is 2.02. The fourth-order valence-electron chi connectivity index (χ4n) is 2.01. The first-order valence-corrected chi connectivity index (χ1v) is 5.83. The Morgan fingerprint density at radius 3 is 2.89 bits per heavy atom. The van der Waals surface area contributed by atoms with Gasteiger partial charge in [-0.05, 0) is 0 Å². The van der Waals surface area contributed by atoms with E-state index >= 15 is 0 Å².